The van der Waals surface area contributed by atoms with Crippen molar-refractivity contribution in [2.24, 2.45) is 38.0 Å². The first-order chi connectivity index (χ1) is 5.25. The first-order valence-electron chi connectivity index (χ1n) is 3.32. The van der Waals surface area contributed by atoms with Crippen LogP contribution in [0, 0.1) is 5.92 Å². The Morgan fingerprint density at radius 1 is 1.08 bits per heavy atom. The molecule has 0 unspecified atom stereocenters. The number of nitrogens with two attached hydrogens (primary N) is 2. The fraction of sp³-hybridized carbons (Fsp3) is 0.600. The SMILES string of the molecule is CCC1C(N)=NN=NN=C1N.Cl.Cl. The van der Waals surface area contributed by atoms with Crippen molar-refractivity contribution in [2.45, 2.75) is 13.3 Å². The lowest BCUT2D eigenvalue weighted by atomic mass is 10.1. The van der Waals surface area contributed by atoms with Gasteiger partial charge in [0.1, 0.15) is 11.7 Å². The molecule has 1 rings (SSSR count). The molecule has 13 heavy (non-hydrogen) atoms. The van der Waals surface area contributed by atoms with Gasteiger partial charge >= 0.3 is 0 Å². The van der Waals surface area contributed by atoms with Gasteiger partial charge in [0.2, 0.25) is 0 Å². The zero-order valence-corrected chi connectivity index (χ0v) is 8.68. The molecule has 0 fully saturated rings. The molecular weight excluding hydrogens is 215 g/mol. The fourth-order valence-electron chi connectivity index (χ4n) is 0.852. The summed E-state index contributed by atoms with van der Waals surface area (Å²) in [5.41, 5.74) is 11.0. The highest BCUT2D eigenvalue weighted by Gasteiger charge is 2.17. The van der Waals surface area contributed by atoms with Crippen LogP contribution in [0.25, 0.3) is 0 Å². The van der Waals surface area contributed by atoms with Crippen LogP contribution in [0.3, 0.4) is 0 Å². The summed E-state index contributed by atoms with van der Waals surface area (Å²) in [5, 5.41) is 13.8. The van der Waals surface area contributed by atoms with E-state index in [1.54, 1.807) is 0 Å². The maximum atomic E-state index is 5.52. The zero-order chi connectivity index (χ0) is 8.27. The van der Waals surface area contributed by atoms with Crippen LogP contribution in [0.2, 0.25) is 0 Å². The van der Waals surface area contributed by atoms with Gasteiger partial charge in [0.15, 0.2) is 0 Å². The van der Waals surface area contributed by atoms with Crippen LogP contribution >= 0.6 is 24.8 Å². The Hall–Kier alpha value is -0.880. The third kappa shape index (κ3) is 3.56. The average molecular weight is 227 g/mol. The lowest BCUT2D eigenvalue weighted by molar-refractivity contribution is 0.838. The third-order valence-corrected chi connectivity index (χ3v) is 1.48. The van der Waals surface area contributed by atoms with Gasteiger partial charge in [0.05, 0.1) is 5.92 Å². The minimum absolute atomic E-state index is 0. The van der Waals surface area contributed by atoms with Gasteiger partial charge < -0.3 is 11.5 Å². The monoisotopic (exact) mass is 226 g/mol. The van der Waals surface area contributed by atoms with E-state index in [0.717, 1.165) is 6.42 Å². The quantitative estimate of drug-likeness (QED) is 0.694. The largest absolute Gasteiger partial charge is 0.385 e. The van der Waals surface area contributed by atoms with Gasteiger partial charge in [0, 0.05) is 0 Å². The molecule has 0 spiro atoms. The van der Waals surface area contributed by atoms with Crippen molar-refractivity contribution >= 4 is 36.5 Å². The molecule has 0 aromatic rings. The molecule has 0 aromatic carbocycles. The summed E-state index contributed by atoms with van der Waals surface area (Å²) >= 11 is 0. The van der Waals surface area contributed by atoms with E-state index in [9.17, 15) is 0 Å². The van der Waals surface area contributed by atoms with E-state index in [2.05, 4.69) is 20.6 Å². The highest BCUT2D eigenvalue weighted by molar-refractivity contribution is 6.04. The Bertz CT molecular complexity index is 213. The molecule has 6 nitrogen and oxygen atoms in total. The normalized spacial score (nSPS) is 16.1. The zero-order valence-electron chi connectivity index (χ0n) is 7.04. The van der Waals surface area contributed by atoms with Gasteiger partial charge in [-0.15, -0.1) is 35.0 Å². The van der Waals surface area contributed by atoms with E-state index >= 15 is 0 Å². The Balaban J connectivity index is 0. The highest BCUT2D eigenvalue weighted by atomic mass is 35.5. The topological polar surface area (TPSA) is 101 Å². The second-order valence-electron chi connectivity index (χ2n) is 2.19. The Kier molecular flexibility index (Phi) is 7.45. The van der Waals surface area contributed by atoms with Crippen molar-refractivity contribution in [3.63, 3.8) is 0 Å². The van der Waals surface area contributed by atoms with Gasteiger partial charge in [-0.25, -0.2) is 0 Å². The van der Waals surface area contributed by atoms with Crippen molar-refractivity contribution in [1.29, 1.82) is 0 Å². The van der Waals surface area contributed by atoms with E-state index in [0.29, 0.717) is 11.7 Å². The summed E-state index contributed by atoms with van der Waals surface area (Å²) in [6.45, 7) is 1.95. The molecule has 1 heterocycles. The van der Waals surface area contributed by atoms with E-state index in [4.69, 9.17) is 11.5 Å². The highest BCUT2D eigenvalue weighted by Crippen LogP contribution is 2.06. The minimum Gasteiger partial charge on any atom is -0.385 e. The molecule has 76 valence electrons. The van der Waals surface area contributed by atoms with Crippen LogP contribution in [-0.2, 0) is 0 Å². The van der Waals surface area contributed by atoms with Gasteiger partial charge in [0.25, 0.3) is 0 Å². The molecular formula is C5H12Cl2N6. The molecule has 0 atom stereocenters. The molecule has 0 aliphatic carbocycles. The number of hydrogen-bond donors (Lipinski definition) is 2. The van der Waals surface area contributed by atoms with Crippen LogP contribution in [0.15, 0.2) is 20.6 Å². The van der Waals surface area contributed by atoms with Crippen LogP contribution in [0.5, 0.6) is 0 Å². The second kappa shape index (κ2) is 6.62. The van der Waals surface area contributed by atoms with Gasteiger partial charge in [-0.2, -0.15) is 0 Å². The maximum absolute atomic E-state index is 5.52. The number of halogens is 2. The summed E-state index contributed by atoms with van der Waals surface area (Å²) in [5.74, 6) is 0.620. The van der Waals surface area contributed by atoms with Crippen molar-refractivity contribution in [3.05, 3.63) is 0 Å². The van der Waals surface area contributed by atoms with Crippen LogP contribution in [0.4, 0.5) is 0 Å². The van der Waals surface area contributed by atoms with E-state index in [-0.39, 0.29) is 30.7 Å². The molecule has 0 saturated carbocycles. The van der Waals surface area contributed by atoms with Crippen molar-refractivity contribution in [1.82, 2.24) is 0 Å². The predicted molar refractivity (Wildman–Crippen MR) is 56.4 cm³/mol. The molecule has 0 radical (unpaired) electrons. The lowest BCUT2D eigenvalue weighted by Gasteiger charge is -2.08. The average Bonchev–Trinajstić information content (AvgIpc) is 2.12. The smallest absolute Gasteiger partial charge is 0.135 e. The Labute approximate surface area is 88.4 Å². The summed E-state index contributed by atoms with van der Waals surface area (Å²) in [6.07, 6.45) is 0.760. The summed E-state index contributed by atoms with van der Waals surface area (Å²) in [6, 6.07) is 0. The van der Waals surface area contributed by atoms with E-state index in [1.807, 2.05) is 6.92 Å². The van der Waals surface area contributed by atoms with Crippen molar-refractivity contribution in [2.75, 3.05) is 0 Å². The number of rotatable bonds is 1. The minimum atomic E-state index is -0.120. The van der Waals surface area contributed by atoms with Crippen molar-refractivity contribution in [3.8, 4) is 0 Å². The van der Waals surface area contributed by atoms with Crippen LogP contribution < -0.4 is 11.5 Å². The van der Waals surface area contributed by atoms with Gasteiger partial charge in [-0.05, 0) is 16.9 Å². The van der Waals surface area contributed by atoms with Gasteiger partial charge in [-0.3, -0.25) is 0 Å². The number of amidine groups is 2. The maximum Gasteiger partial charge on any atom is 0.135 e. The van der Waals surface area contributed by atoms with Gasteiger partial charge in [-0.1, -0.05) is 6.92 Å². The molecule has 0 bridgehead atoms. The molecule has 0 amide bonds. The number of nitrogens with zero attached hydrogens (tertiary/aromatic N) is 4. The first kappa shape index (κ1) is 14.6. The lowest BCUT2D eigenvalue weighted by Crippen LogP contribution is -2.34. The summed E-state index contributed by atoms with van der Waals surface area (Å²) in [4.78, 5) is 0. The van der Waals surface area contributed by atoms with E-state index < -0.39 is 0 Å². The predicted octanol–water partition coefficient (Wildman–Crippen LogP) is 0.866. The molecule has 4 N–H and O–H groups in total. The van der Waals surface area contributed by atoms with Crippen molar-refractivity contribution < 1.29 is 0 Å². The first-order valence-corrected chi connectivity index (χ1v) is 3.32. The molecule has 0 aromatic heterocycles. The molecule has 1 aliphatic heterocycles. The Morgan fingerprint density at radius 3 is 1.77 bits per heavy atom. The molecule has 8 heteroatoms. The second-order valence-corrected chi connectivity index (χ2v) is 2.19. The summed E-state index contributed by atoms with van der Waals surface area (Å²) < 4.78 is 0. The standard InChI is InChI=1S/C5H10N6.2ClH/c1-2-3-4(6)8-10-11-9-5(3)7;;/h3H,2H2,1H3,(H2,6,8,11)(H2,7,9,10);2*1H. The Morgan fingerprint density at radius 2 is 1.46 bits per heavy atom. The van der Waals surface area contributed by atoms with Crippen LogP contribution in [0.1, 0.15) is 13.3 Å². The van der Waals surface area contributed by atoms with E-state index in [1.165, 1.54) is 0 Å². The summed E-state index contributed by atoms with van der Waals surface area (Å²) in [7, 11) is 0. The third-order valence-electron chi connectivity index (χ3n) is 1.48. The van der Waals surface area contributed by atoms with Crippen LogP contribution in [-0.4, -0.2) is 11.7 Å². The number of hydrogen-bond acceptors (Lipinski definition) is 6. The fourth-order valence-corrected chi connectivity index (χ4v) is 0.852. The molecule has 1 aliphatic rings. The molecule has 0 saturated heterocycles.